The summed E-state index contributed by atoms with van der Waals surface area (Å²) in [6.45, 7) is 0.354. The predicted octanol–water partition coefficient (Wildman–Crippen LogP) is 3.22. The molecule has 1 heterocycles. The Bertz CT molecular complexity index is 700. The van der Waals surface area contributed by atoms with Crippen LogP contribution in [-0.4, -0.2) is 9.49 Å². The molecule has 0 amide bonds. The van der Waals surface area contributed by atoms with Crippen LogP contribution in [0.4, 0.5) is 5.69 Å². The fraction of sp³-hybridized carbons (Fsp3) is 0.0833. The van der Waals surface area contributed by atoms with E-state index < -0.39 is 16.0 Å². The van der Waals surface area contributed by atoms with E-state index in [1.807, 2.05) is 12.1 Å². The largest absolute Gasteiger partial charge is 0.344 e. The summed E-state index contributed by atoms with van der Waals surface area (Å²) in [5.74, 6) is 0. The van der Waals surface area contributed by atoms with Gasteiger partial charge in [0.15, 0.2) is 0 Å². The van der Waals surface area contributed by atoms with Crippen LogP contribution in [0.3, 0.4) is 0 Å². The number of aromatic nitrogens is 1. The van der Waals surface area contributed by atoms with Crippen LogP contribution < -0.4 is 5.43 Å². The molecule has 1 aromatic carbocycles. The lowest BCUT2D eigenvalue weighted by Crippen LogP contribution is -2.11. The summed E-state index contributed by atoms with van der Waals surface area (Å²) in [5, 5.41) is 11.2. The predicted molar refractivity (Wildman–Crippen MR) is 75.6 cm³/mol. The highest BCUT2D eigenvalue weighted by Gasteiger charge is 2.12. The van der Waals surface area contributed by atoms with Gasteiger partial charge in [-0.25, -0.2) is 0 Å². The van der Waals surface area contributed by atoms with E-state index in [2.05, 4.69) is 15.9 Å². The summed E-state index contributed by atoms with van der Waals surface area (Å²) in [6, 6.07) is 6.56. The number of hydrogen-bond acceptors (Lipinski definition) is 3. The minimum absolute atomic E-state index is 0.354. The van der Waals surface area contributed by atoms with Crippen molar-refractivity contribution in [2.24, 2.45) is 0 Å². The summed E-state index contributed by atoms with van der Waals surface area (Å²) >= 11 is 9.37. The maximum atomic E-state index is 11.3. The Balaban J connectivity index is 2.36. The average Bonchev–Trinajstić information content (AvgIpc) is 2.34. The van der Waals surface area contributed by atoms with E-state index in [-0.39, 0.29) is 0 Å². The van der Waals surface area contributed by atoms with Gasteiger partial charge in [0.05, 0.1) is 11.1 Å². The summed E-state index contributed by atoms with van der Waals surface area (Å²) < 4.78 is 2.40. The number of hydrogen-bond donors (Lipinski definition) is 0. The number of nitrogens with zero attached hydrogens (tertiary/aromatic N) is 2. The molecule has 2 rings (SSSR count). The zero-order valence-corrected chi connectivity index (χ0v) is 11.9. The van der Waals surface area contributed by atoms with Crippen molar-refractivity contribution in [2.75, 3.05) is 0 Å². The first-order valence-electron chi connectivity index (χ1n) is 5.26. The molecule has 19 heavy (non-hydrogen) atoms. The van der Waals surface area contributed by atoms with Crippen molar-refractivity contribution in [1.29, 1.82) is 0 Å². The number of benzene rings is 1. The van der Waals surface area contributed by atoms with Gasteiger partial charge in [-0.15, -0.1) is 0 Å². The van der Waals surface area contributed by atoms with Crippen molar-refractivity contribution in [1.82, 2.24) is 4.57 Å². The lowest BCUT2D eigenvalue weighted by molar-refractivity contribution is -0.386. The van der Waals surface area contributed by atoms with Crippen LogP contribution in [0.15, 0.2) is 45.9 Å². The van der Waals surface area contributed by atoms with Gasteiger partial charge in [-0.3, -0.25) is 14.9 Å². The first-order valence-corrected chi connectivity index (χ1v) is 6.43. The molecule has 98 valence electrons. The Hall–Kier alpha value is -1.66. The minimum Gasteiger partial charge on any atom is -0.344 e. The third-order valence-corrected chi connectivity index (χ3v) is 3.37. The zero-order valence-electron chi connectivity index (χ0n) is 9.55. The van der Waals surface area contributed by atoms with E-state index in [1.165, 1.54) is 18.5 Å². The summed E-state index contributed by atoms with van der Waals surface area (Å²) in [5.41, 5.74) is -0.248. The third-order valence-electron chi connectivity index (χ3n) is 2.52. The van der Waals surface area contributed by atoms with E-state index in [4.69, 9.17) is 11.6 Å². The van der Waals surface area contributed by atoms with Gasteiger partial charge in [-0.2, -0.15) is 0 Å². The van der Waals surface area contributed by atoms with Gasteiger partial charge in [-0.05, 0) is 17.7 Å². The average molecular weight is 344 g/mol. The molecule has 0 aliphatic carbocycles. The Morgan fingerprint density at radius 1 is 1.37 bits per heavy atom. The quantitative estimate of drug-likeness (QED) is 0.635. The van der Waals surface area contributed by atoms with Gasteiger partial charge < -0.3 is 4.57 Å². The molecular weight excluding hydrogens is 336 g/mol. The Labute approximate surface area is 121 Å². The van der Waals surface area contributed by atoms with Gasteiger partial charge in [0.2, 0.25) is 0 Å². The second-order valence-corrected chi connectivity index (χ2v) is 5.18. The zero-order chi connectivity index (χ0) is 14.0. The molecule has 0 saturated carbocycles. The molecule has 0 unspecified atom stereocenters. The van der Waals surface area contributed by atoms with Crippen LogP contribution in [0.5, 0.6) is 0 Å². The van der Waals surface area contributed by atoms with E-state index >= 15 is 0 Å². The van der Waals surface area contributed by atoms with Crippen LogP contribution in [0, 0.1) is 10.1 Å². The highest BCUT2D eigenvalue weighted by Crippen LogP contribution is 2.22. The molecule has 0 radical (unpaired) electrons. The van der Waals surface area contributed by atoms with Crippen LogP contribution in [0.25, 0.3) is 0 Å². The maximum absolute atomic E-state index is 11.3. The molecule has 0 aliphatic rings. The smallest absolute Gasteiger partial charge is 0.332 e. The van der Waals surface area contributed by atoms with E-state index in [0.717, 1.165) is 10.0 Å². The molecule has 0 N–H and O–H groups in total. The Morgan fingerprint density at radius 2 is 2.11 bits per heavy atom. The fourth-order valence-corrected chi connectivity index (χ4v) is 2.33. The normalized spacial score (nSPS) is 10.4. The highest BCUT2D eigenvalue weighted by atomic mass is 79.9. The first kappa shape index (κ1) is 13.8. The van der Waals surface area contributed by atoms with E-state index in [1.54, 1.807) is 10.6 Å². The van der Waals surface area contributed by atoms with E-state index in [9.17, 15) is 14.9 Å². The summed E-state index contributed by atoms with van der Waals surface area (Å²) in [7, 11) is 0. The third kappa shape index (κ3) is 3.21. The molecule has 1 aromatic heterocycles. The lowest BCUT2D eigenvalue weighted by Gasteiger charge is -2.08. The van der Waals surface area contributed by atoms with Crippen molar-refractivity contribution >= 4 is 33.2 Å². The topological polar surface area (TPSA) is 65.1 Å². The summed E-state index contributed by atoms with van der Waals surface area (Å²) in [4.78, 5) is 21.3. The number of nitro groups is 1. The maximum Gasteiger partial charge on any atom is 0.332 e. The molecular formula is C12H8BrClN2O3. The number of pyridine rings is 1. The molecule has 0 bridgehead atoms. The van der Waals surface area contributed by atoms with Gasteiger partial charge in [0, 0.05) is 28.3 Å². The van der Waals surface area contributed by atoms with Crippen molar-refractivity contribution in [3.8, 4) is 0 Å². The van der Waals surface area contributed by atoms with Crippen LogP contribution >= 0.6 is 27.5 Å². The van der Waals surface area contributed by atoms with Gasteiger partial charge >= 0.3 is 5.69 Å². The standard InChI is InChI=1S/C12H8BrClN2O3/c13-9-2-1-8(10(14)5-9)6-15-4-3-12(17)11(7-15)16(18)19/h1-5,7H,6H2. The van der Waals surface area contributed by atoms with Crippen molar-refractivity contribution in [3.63, 3.8) is 0 Å². The van der Waals surface area contributed by atoms with Crippen LogP contribution in [0.2, 0.25) is 5.02 Å². The van der Waals surface area contributed by atoms with Crippen LogP contribution in [0.1, 0.15) is 5.56 Å². The minimum atomic E-state index is -0.692. The lowest BCUT2D eigenvalue weighted by atomic mass is 10.2. The molecule has 5 nitrogen and oxygen atoms in total. The molecule has 7 heteroatoms. The second kappa shape index (κ2) is 5.54. The van der Waals surface area contributed by atoms with Crippen molar-refractivity contribution in [3.05, 3.63) is 72.1 Å². The SMILES string of the molecule is O=c1ccn(Cc2ccc(Br)cc2Cl)cc1[N+](=O)[O-]. The highest BCUT2D eigenvalue weighted by molar-refractivity contribution is 9.10. The van der Waals surface area contributed by atoms with Gasteiger partial charge in [0.25, 0.3) is 5.43 Å². The molecule has 2 aromatic rings. The number of halogens is 2. The Kier molecular flexibility index (Phi) is 4.01. The molecule has 0 fully saturated rings. The van der Waals surface area contributed by atoms with Gasteiger partial charge in [-0.1, -0.05) is 33.6 Å². The van der Waals surface area contributed by atoms with Crippen LogP contribution in [-0.2, 0) is 6.54 Å². The molecule has 0 aliphatic heterocycles. The van der Waals surface area contributed by atoms with Gasteiger partial charge in [0.1, 0.15) is 0 Å². The molecule has 0 atom stereocenters. The molecule has 0 saturated heterocycles. The first-order chi connectivity index (χ1) is 8.97. The number of rotatable bonds is 3. The van der Waals surface area contributed by atoms with Crippen molar-refractivity contribution < 1.29 is 4.92 Å². The monoisotopic (exact) mass is 342 g/mol. The van der Waals surface area contributed by atoms with Crippen molar-refractivity contribution in [2.45, 2.75) is 6.54 Å². The van der Waals surface area contributed by atoms with E-state index in [0.29, 0.717) is 11.6 Å². The fourth-order valence-electron chi connectivity index (χ4n) is 1.59. The summed E-state index contributed by atoms with van der Waals surface area (Å²) in [6.07, 6.45) is 2.70. The Morgan fingerprint density at radius 3 is 2.74 bits per heavy atom. The second-order valence-electron chi connectivity index (χ2n) is 3.86. The molecule has 0 spiro atoms.